The van der Waals surface area contributed by atoms with Crippen molar-refractivity contribution < 1.29 is 13.9 Å². The Morgan fingerprint density at radius 2 is 2.15 bits per heavy atom. The second kappa shape index (κ2) is 9.04. The van der Waals surface area contributed by atoms with E-state index in [1.54, 1.807) is 12.1 Å². The summed E-state index contributed by atoms with van der Waals surface area (Å²) in [5.41, 5.74) is 1.22. The van der Waals surface area contributed by atoms with E-state index in [0.717, 1.165) is 25.7 Å². The van der Waals surface area contributed by atoms with Crippen LogP contribution in [-0.2, 0) is 10.3 Å². The van der Waals surface area contributed by atoms with E-state index in [2.05, 4.69) is 27.4 Å². The standard InChI is InChI=1S/C25H29FN6O2/c1-3-4-12-34-17-8-9-19(20(26)13-17)25(2)14-18(21-10-11-32(31-21)16-6-5-7-16)22(24(33)29-25)23-27-15-28-30-23/h8-11,13,15-16H,3-7,12,14H2,1-2H3,(H,29,33)(H,27,28,30)/t25-/m0/s1. The van der Waals surface area contributed by atoms with Gasteiger partial charge in [-0.05, 0) is 50.3 Å². The number of unbranched alkanes of at least 4 members (excludes halogenated alkanes) is 1. The zero-order valence-electron chi connectivity index (χ0n) is 19.5. The quantitative estimate of drug-likeness (QED) is 0.482. The molecule has 1 aromatic carbocycles. The Morgan fingerprint density at radius 1 is 1.29 bits per heavy atom. The summed E-state index contributed by atoms with van der Waals surface area (Å²) in [6.07, 6.45) is 8.98. The lowest BCUT2D eigenvalue weighted by atomic mass is 9.79. The van der Waals surface area contributed by atoms with Gasteiger partial charge in [0, 0.05) is 24.2 Å². The normalized spacial score (nSPS) is 20.9. The summed E-state index contributed by atoms with van der Waals surface area (Å²) in [4.78, 5) is 17.6. The SMILES string of the molecule is CCCCOc1ccc([C@]2(C)CC(c3ccn(C4CCC4)n3)=C(c3ncn[nH]3)C(=O)N2)c(F)c1. The van der Waals surface area contributed by atoms with Crippen LogP contribution in [0.15, 0.2) is 36.8 Å². The highest BCUT2D eigenvalue weighted by atomic mass is 19.1. The van der Waals surface area contributed by atoms with Gasteiger partial charge >= 0.3 is 0 Å². The lowest BCUT2D eigenvalue weighted by molar-refractivity contribution is -0.117. The number of carbonyl (C=O) groups excluding carboxylic acids is 1. The van der Waals surface area contributed by atoms with Gasteiger partial charge in [-0.25, -0.2) is 9.37 Å². The molecule has 8 nitrogen and oxygen atoms in total. The second-order valence-electron chi connectivity index (χ2n) is 9.26. The molecule has 9 heteroatoms. The number of nitrogens with zero attached hydrogens (tertiary/aromatic N) is 4. The topological polar surface area (TPSA) is 97.7 Å². The van der Waals surface area contributed by atoms with Gasteiger partial charge in [0.05, 0.1) is 29.5 Å². The van der Waals surface area contributed by atoms with E-state index in [1.165, 1.54) is 18.8 Å². The van der Waals surface area contributed by atoms with Crippen molar-refractivity contribution >= 4 is 17.1 Å². The minimum atomic E-state index is -0.970. The maximum absolute atomic E-state index is 15.3. The van der Waals surface area contributed by atoms with Crippen LogP contribution in [0.25, 0.3) is 11.1 Å². The fraction of sp³-hybridized carbons (Fsp3) is 0.440. The molecular formula is C25H29FN6O2. The van der Waals surface area contributed by atoms with Crippen LogP contribution >= 0.6 is 0 Å². The number of halogens is 1. The van der Waals surface area contributed by atoms with E-state index in [9.17, 15) is 4.79 Å². The lowest BCUT2D eigenvalue weighted by Gasteiger charge is -2.37. The number of H-pyrrole nitrogens is 1. The Bertz CT molecular complexity index is 1210. The Hall–Kier alpha value is -3.49. The van der Waals surface area contributed by atoms with Crippen LogP contribution < -0.4 is 10.1 Å². The maximum Gasteiger partial charge on any atom is 0.256 e. The van der Waals surface area contributed by atoms with Crippen LogP contribution in [0.3, 0.4) is 0 Å². The molecular weight excluding hydrogens is 435 g/mol. The van der Waals surface area contributed by atoms with Gasteiger partial charge in [-0.2, -0.15) is 10.2 Å². The molecule has 3 aromatic rings. The van der Waals surface area contributed by atoms with Crippen LogP contribution in [0, 0.1) is 5.82 Å². The van der Waals surface area contributed by atoms with Crippen LogP contribution in [0.1, 0.15) is 75.5 Å². The number of rotatable bonds is 8. The van der Waals surface area contributed by atoms with Crippen molar-refractivity contribution in [3.8, 4) is 5.75 Å². The fourth-order valence-electron chi connectivity index (χ4n) is 4.61. The number of carbonyl (C=O) groups is 1. The number of hydrogen-bond donors (Lipinski definition) is 2. The van der Waals surface area contributed by atoms with E-state index < -0.39 is 11.4 Å². The minimum Gasteiger partial charge on any atom is -0.493 e. The van der Waals surface area contributed by atoms with Gasteiger partial charge in [0.15, 0.2) is 5.82 Å². The predicted molar refractivity (Wildman–Crippen MR) is 125 cm³/mol. The molecule has 178 valence electrons. The molecule has 5 rings (SSSR count). The number of aromatic nitrogens is 5. The molecule has 1 aliphatic heterocycles. The molecule has 1 aliphatic carbocycles. The zero-order chi connectivity index (χ0) is 23.7. The Kier molecular flexibility index (Phi) is 5.93. The van der Waals surface area contributed by atoms with E-state index in [1.807, 2.05) is 23.9 Å². The minimum absolute atomic E-state index is 0.346. The van der Waals surface area contributed by atoms with Gasteiger partial charge < -0.3 is 10.1 Å². The first kappa shape index (κ1) is 22.3. The molecule has 1 amide bonds. The monoisotopic (exact) mass is 464 g/mol. The van der Waals surface area contributed by atoms with Crippen LogP contribution in [0.2, 0.25) is 0 Å². The molecule has 0 bridgehead atoms. The summed E-state index contributed by atoms with van der Waals surface area (Å²) in [6, 6.07) is 7.16. The molecule has 2 aliphatic rings. The van der Waals surface area contributed by atoms with Gasteiger partial charge in [0.2, 0.25) is 0 Å². The Morgan fingerprint density at radius 3 is 2.82 bits per heavy atom. The summed E-state index contributed by atoms with van der Waals surface area (Å²) in [7, 11) is 0. The van der Waals surface area contributed by atoms with Crippen molar-refractivity contribution in [2.75, 3.05) is 6.61 Å². The summed E-state index contributed by atoms with van der Waals surface area (Å²) >= 11 is 0. The van der Waals surface area contributed by atoms with Gasteiger partial charge in [0.25, 0.3) is 5.91 Å². The number of ether oxygens (including phenoxy) is 1. The average molecular weight is 465 g/mol. The molecule has 1 fully saturated rings. The fourth-order valence-corrected chi connectivity index (χ4v) is 4.61. The van der Waals surface area contributed by atoms with E-state index in [-0.39, 0.29) is 5.91 Å². The van der Waals surface area contributed by atoms with Crippen molar-refractivity contribution in [1.29, 1.82) is 0 Å². The van der Waals surface area contributed by atoms with Gasteiger partial charge in [-0.3, -0.25) is 14.6 Å². The number of amides is 1. The van der Waals surface area contributed by atoms with Crippen molar-refractivity contribution in [3.05, 3.63) is 59.7 Å². The Labute approximate surface area is 197 Å². The molecule has 0 radical (unpaired) electrons. The van der Waals surface area contributed by atoms with Gasteiger partial charge in [-0.1, -0.05) is 19.4 Å². The highest BCUT2D eigenvalue weighted by Crippen LogP contribution is 2.42. The van der Waals surface area contributed by atoms with Crippen molar-refractivity contribution in [2.45, 2.75) is 64.0 Å². The molecule has 34 heavy (non-hydrogen) atoms. The maximum atomic E-state index is 15.3. The second-order valence-corrected chi connectivity index (χ2v) is 9.26. The summed E-state index contributed by atoms with van der Waals surface area (Å²) in [5.74, 6) is 0.0892. The molecule has 1 atom stereocenters. The molecule has 1 saturated carbocycles. The van der Waals surface area contributed by atoms with Crippen molar-refractivity contribution in [2.24, 2.45) is 0 Å². The third-order valence-electron chi connectivity index (χ3n) is 6.77. The molecule has 2 aromatic heterocycles. The van der Waals surface area contributed by atoms with Gasteiger partial charge in [0.1, 0.15) is 17.9 Å². The van der Waals surface area contributed by atoms with Crippen LogP contribution in [0.4, 0.5) is 4.39 Å². The highest BCUT2D eigenvalue weighted by molar-refractivity contribution is 6.27. The summed E-state index contributed by atoms with van der Waals surface area (Å²) < 4.78 is 22.9. The molecule has 3 heterocycles. The third kappa shape index (κ3) is 4.10. The summed E-state index contributed by atoms with van der Waals surface area (Å²) in [6.45, 7) is 4.45. The number of nitrogens with one attached hydrogen (secondary N) is 2. The number of benzene rings is 1. The Balaban J connectivity index is 1.52. The van der Waals surface area contributed by atoms with E-state index >= 15 is 4.39 Å². The van der Waals surface area contributed by atoms with Crippen LogP contribution in [0.5, 0.6) is 5.75 Å². The highest BCUT2D eigenvalue weighted by Gasteiger charge is 2.41. The van der Waals surface area contributed by atoms with E-state index in [0.29, 0.717) is 53.0 Å². The largest absolute Gasteiger partial charge is 0.493 e. The summed E-state index contributed by atoms with van der Waals surface area (Å²) in [5, 5.41) is 14.5. The first-order valence-electron chi connectivity index (χ1n) is 11.9. The van der Waals surface area contributed by atoms with Crippen LogP contribution in [-0.4, -0.2) is 37.5 Å². The van der Waals surface area contributed by atoms with Crippen molar-refractivity contribution in [3.63, 3.8) is 0 Å². The average Bonchev–Trinajstić information content (AvgIpc) is 3.45. The number of hydrogen-bond acceptors (Lipinski definition) is 5. The predicted octanol–water partition coefficient (Wildman–Crippen LogP) is 4.39. The smallest absolute Gasteiger partial charge is 0.256 e. The first-order chi connectivity index (χ1) is 16.5. The molecule has 0 unspecified atom stereocenters. The lowest BCUT2D eigenvalue weighted by Crippen LogP contribution is -2.48. The van der Waals surface area contributed by atoms with E-state index in [4.69, 9.17) is 9.84 Å². The molecule has 0 saturated heterocycles. The van der Waals surface area contributed by atoms with Crippen molar-refractivity contribution in [1.82, 2.24) is 30.3 Å². The third-order valence-corrected chi connectivity index (χ3v) is 6.77. The number of aromatic amines is 1. The van der Waals surface area contributed by atoms with Gasteiger partial charge in [-0.15, -0.1) is 0 Å². The zero-order valence-corrected chi connectivity index (χ0v) is 19.5. The first-order valence-corrected chi connectivity index (χ1v) is 11.9. The molecule has 0 spiro atoms. The molecule has 2 N–H and O–H groups in total.